The third-order valence-corrected chi connectivity index (χ3v) is 9.58. The Morgan fingerprint density at radius 3 is 2.53 bits per heavy atom. The maximum absolute atomic E-state index is 10.4. The highest BCUT2D eigenvalue weighted by Crippen LogP contribution is 2.60. The quantitative estimate of drug-likeness (QED) is 0.457. The van der Waals surface area contributed by atoms with Crippen LogP contribution in [-0.4, -0.2) is 33.1 Å². The van der Waals surface area contributed by atoms with Crippen molar-refractivity contribution in [1.29, 1.82) is 0 Å². The molecule has 0 aromatic carbocycles. The second-order valence-electron chi connectivity index (χ2n) is 12.3. The van der Waals surface area contributed by atoms with Crippen molar-refractivity contribution in [1.82, 2.24) is 0 Å². The summed E-state index contributed by atoms with van der Waals surface area (Å²) in [4.78, 5) is 0. The number of aliphatic hydroxyl groups is 3. The summed E-state index contributed by atoms with van der Waals surface area (Å²) in [6.45, 7) is 17.2. The smallest absolute Gasteiger partial charge is 0.0837 e. The molecule has 3 nitrogen and oxygen atoms in total. The van der Waals surface area contributed by atoms with Crippen LogP contribution in [0, 0.1) is 35.0 Å². The van der Waals surface area contributed by atoms with Gasteiger partial charge in [-0.25, -0.2) is 0 Å². The molecule has 3 heteroatoms. The number of hydrogen-bond acceptors (Lipinski definition) is 3. The molecule has 2 unspecified atom stereocenters. The Balaban J connectivity index is 1.75. The second-order valence-corrected chi connectivity index (χ2v) is 12.3. The fourth-order valence-corrected chi connectivity index (χ4v) is 7.03. The van der Waals surface area contributed by atoms with E-state index >= 15 is 0 Å². The van der Waals surface area contributed by atoms with E-state index in [1.54, 1.807) is 5.57 Å². The first-order valence-electron chi connectivity index (χ1n) is 13.0. The highest BCUT2D eigenvalue weighted by molar-refractivity contribution is 5.39. The highest BCUT2D eigenvalue weighted by atomic mass is 16.3. The van der Waals surface area contributed by atoms with Crippen molar-refractivity contribution < 1.29 is 15.3 Å². The van der Waals surface area contributed by atoms with Gasteiger partial charge in [0.2, 0.25) is 0 Å². The lowest BCUT2D eigenvalue weighted by Gasteiger charge is -2.45. The van der Waals surface area contributed by atoms with E-state index in [1.165, 1.54) is 25.7 Å². The molecule has 3 rings (SSSR count). The van der Waals surface area contributed by atoms with Gasteiger partial charge in [-0.15, -0.1) is 0 Å². The molecule has 0 aromatic rings. The summed E-state index contributed by atoms with van der Waals surface area (Å²) in [7, 11) is 0. The monoisotopic (exact) mass is 444 g/mol. The third-order valence-electron chi connectivity index (χ3n) is 9.58. The fraction of sp³-hybridized carbons (Fsp3) is 0.793. The molecule has 3 aliphatic rings. The van der Waals surface area contributed by atoms with E-state index in [4.69, 9.17) is 0 Å². The first-order valence-corrected chi connectivity index (χ1v) is 13.0. The molecule has 3 fully saturated rings. The predicted molar refractivity (Wildman–Crippen MR) is 133 cm³/mol. The van der Waals surface area contributed by atoms with Crippen molar-refractivity contribution in [2.75, 3.05) is 0 Å². The van der Waals surface area contributed by atoms with Crippen LogP contribution in [0.25, 0.3) is 0 Å². The van der Waals surface area contributed by atoms with Gasteiger partial charge in [-0.3, -0.25) is 0 Å². The number of aliphatic hydroxyl groups excluding tert-OH is 2. The lowest BCUT2D eigenvalue weighted by atomic mass is 9.59. The summed E-state index contributed by atoms with van der Waals surface area (Å²) in [5, 5.41) is 30.9. The topological polar surface area (TPSA) is 60.7 Å². The normalized spacial score (nSPS) is 40.5. The van der Waals surface area contributed by atoms with Crippen LogP contribution in [0.3, 0.4) is 0 Å². The van der Waals surface area contributed by atoms with Gasteiger partial charge < -0.3 is 15.3 Å². The van der Waals surface area contributed by atoms with E-state index in [0.29, 0.717) is 29.6 Å². The molecule has 0 heterocycles. The van der Waals surface area contributed by atoms with Gasteiger partial charge in [-0.2, -0.15) is 0 Å². The van der Waals surface area contributed by atoms with Gasteiger partial charge in [-0.05, 0) is 105 Å². The zero-order chi connectivity index (χ0) is 23.8. The van der Waals surface area contributed by atoms with Crippen LogP contribution in [-0.2, 0) is 0 Å². The lowest BCUT2D eigenvalue weighted by Crippen LogP contribution is -2.38. The van der Waals surface area contributed by atoms with E-state index in [9.17, 15) is 15.3 Å². The minimum Gasteiger partial charge on any atom is -0.392 e. The minimum absolute atomic E-state index is 0.152. The van der Waals surface area contributed by atoms with Gasteiger partial charge in [0.15, 0.2) is 0 Å². The molecule has 32 heavy (non-hydrogen) atoms. The number of fused-ring (bicyclic) bond motifs is 1. The summed E-state index contributed by atoms with van der Waals surface area (Å²) in [6, 6.07) is 0. The van der Waals surface area contributed by atoms with Crippen LogP contribution in [0.15, 0.2) is 35.5 Å². The summed E-state index contributed by atoms with van der Waals surface area (Å²) >= 11 is 0. The molecular formula is C29H48O3. The van der Waals surface area contributed by atoms with E-state index in [-0.39, 0.29) is 5.92 Å². The van der Waals surface area contributed by atoms with Gasteiger partial charge in [-0.1, -0.05) is 52.0 Å². The van der Waals surface area contributed by atoms with Crippen molar-refractivity contribution >= 4 is 0 Å². The SMILES string of the molecule is C=C1/C(=C\C=C2/CCC[C@@]3(C)C2CCC3[C@@H](C)[C@H](C)CCC(C)(C)O)C[C@@H](O)[C@H](C)[C@@H]1O. The molecule has 8 atom stereocenters. The summed E-state index contributed by atoms with van der Waals surface area (Å²) < 4.78 is 0. The molecule has 0 amide bonds. The Morgan fingerprint density at radius 1 is 1.19 bits per heavy atom. The maximum atomic E-state index is 10.4. The third kappa shape index (κ3) is 5.26. The van der Waals surface area contributed by atoms with Gasteiger partial charge in [0, 0.05) is 5.92 Å². The fourth-order valence-electron chi connectivity index (χ4n) is 7.03. The van der Waals surface area contributed by atoms with Gasteiger partial charge in [0.1, 0.15) is 0 Å². The summed E-state index contributed by atoms with van der Waals surface area (Å²) in [5.74, 6) is 2.49. The Labute approximate surface area is 196 Å². The van der Waals surface area contributed by atoms with Crippen molar-refractivity contribution in [2.45, 2.75) is 111 Å². The van der Waals surface area contributed by atoms with Crippen LogP contribution >= 0.6 is 0 Å². The summed E-state index contributed by atoms with van der Waals surface area (Å²) in [5.41, 5.74) is 3.11. The van der Waals surface area contributed by atoms with Crippen LogP contribution in [0.5, 0.6) is 0 Å². The van der Waals surface area contributed by atoms with Gasteiger partial charge >= 0.3 is 0 Å². The average molecular weight is 445 g/mol. The molecular weight excluding hydrogens is 396 g/mol. The Bertz CT molecular complexity index is 742. The number of allylic oxidation sites excluding steroid dienone is 3. The van der Waals surface area contributed by atoms with Crippen molar-refractivity contribution in [3.05, 3.63) is 35.5 Å². The van der Waals surface area contributed by atoms with Crippen LogP contribution in [0.2, 0.25) is 0 Å². The van der Waals surface area contributed by atoms with Crippen LogP contribution in [0.4, 0.5) is 0 Å². The highest BCUT2D eigenvalue weighted by Gasteiger charge is 2.51. The first kappa shape index (κ1) is 25.7. The zero-order valence-corrected chi connectivity index (χ0v) is 21.4. The molecule has 0 saturated heterocycles. The average Bonchev–Trinajstić information content (AvgIpc) is 3.08. The molecule has 0 aliphatic heterocycles. The van der Waals surface area contributed by atoms with Crippen molar-refractivity contribution in [3.8, 4) is 0 Å². The zero-order valence-electron chi connectivity index (χ0n) is 21.4. The minimum atomic E-state index is -0.651. The van der Waals surface area contributed by atoms with E-state index in [2.05, 4.69) is 39.5 Å². The van der Waals surface area contributed by atoms with Crippen molar-refractivity contribution in [2.24, 2.45) is 35.0 Å². The van der Waals surface area contributed by atoms with Gasteiger partial charge in [0.05, 0.1) is 17.8 Å². The molecule has 0 radical (unpaired) electrons. The summed E-state index contributed by atoms with van der Waals surface area (Å²) in [6.07, 6.45) is 12.1. The molecule has 3 saturated carbocycles. The number of rotatable bonds is 6. The van der Waals surface area contributed by atoms with Gasteiger partial charge in [0.25, 0.3) is 0 Å². The first-order chi connectivity index (χ1) is 14.8. The van der Waals surface area contributed by atoms with Crippen LogP contribution < -0.4 is 0 Å². The Hall–Kier alpha value is -0.900. The van der Waals surface area contributed by atoms with Crippen molar-refractivity contribution in [3.63, 3.8) is 0 Å². The largest absolute Gasteiger partial charge is 0.392 e. The maximum Gasteiger partial charge on any atom is 0.0837 e. The molecule has 0 spiro atoms. The van der Waals surface area contributed by atoms with Crippen LogP contribution in [0.1, 0.15) is 92.9 Å². The second kappa shape index (κ2) is 9.76. The molecule has 0 bridgehead atoms. The standard InChI is InChI=1S/C29H48O3/c1-18(14-16-28(5,6)32)19(2)24-12-13-25-22(9-8-15-29(24,25)7)10-11-23-17-26(30)21(4)27(31)20(23)3/h10-11,18-19,21,24-27,30-32H,3,8-9,12-17H2,1-2,4-7H3/b22-10+,23-11-/t18-,19+,21+,24?,25?,26-,27-,29-/m1/s1. The predicted octanol–water partition coefficient (Wildman–Crippen LogP) is 6.20. The van der Waals surface area contributed by atoms with E-state index < -0.39 is 17.8 Å². The molecule has 0 aromatic heterocycles. The molecule has 3 N–H and O–H groups in total. The van der Waals surface area contributed by atoms with E-state index in [1.807, 2.05) is 20.8 Å². The molecule has 182 valence electrons. The van der Waals surface area contributed by atoms with E-state index in [0.717, 1.165) is 36.3 Å². The number of hydrogen-bond donors (Lipinski definition) is 3. The lowest BCUT2D eigenvalue weighted by molar-refractivity contribution is 0.0283. The Kier molecular flexibility index (Phi) is 7.85. The molecule has 3 aliphatic carbocycles. The Morgan fingerprint density at radius 2 is 1.88 bits per heavy atom.